The molecule has 3 rings (SSSR count). The summed E-state index contributed by atoms with van der Waals surface area (Å²) in [5, 5.41) is 3.06. The Balaban J connectivity index is 1.49. The molecule has 5 heteroatoms. The number of carbonyl (C=O) groups is 1. The lowest BCUT2D eigenvalue weighted by Gasteiger charge is -2.32. The first-order valence-electron chi connectivity index (χ1n) is 8.14. The van der Waals surface area contributed by atoms with E-state index in [9.17, 15) is 13.6 Å². The van der Waals surface area contributed by atoms with Crippen molar-refractivity contribution in [2.75, 3.05) is 13.1 Å². The van der Waals surface area contributed by atoms with Gasteiger partial charge >= 0.3 is 0 Å². The summed E-state index contributed by atoms with van der Waals surface area (Å²) in [6.07, 6.45) is 1.70. The van der Waals surface area contributed by atoms with E-state index >= 15 is 0 Å². The first-order valence-corrected chi connectivity index (χ1v) is 8.14. The number of carbonyl (C=O) groups excluding carboxylic acids is 1. The summed E-state index contributed by atoms with van der Waals surface area (Å²) >= 11 is 0. The molecule has 1 aliphatic heterocycles. The van der Waals surface area contributed by atoms with Gasteiger partial charge in [0.2, 0.25) is 0 Å². The quantitative estimate of drug-likeness (QED) is 0.932. The monoisotopic (exact) mass is 330 g/mol. The molecule has 1 saturated heterocycles. The number of piperidine rings is 1. The molecule has 0 aromatic heterocycles. The molecule has 0 aliphatic carbocycles. The van der Waals surface area contributed by atoms with Gasteiger partial charge in [-0.1, -0.05) is 24.3 Å². The van der Waals surface area contributed by atoms with Gasteiger partial charge in [-0.25, -0.2) is 8.78 Å². The van der Waals surface area contributed by atoms with Crippen molar-refractivity contribution in [2.24, 2.45) is 0 Å². The predicted molar refractivity (Wildman–Crippen MR) is 88.6 cm³/mol. The van der Waals surface area contributed by atoms with E-state index in [4.69, 9.17) is 0 Å². The van der Waals surface area contributed by atoms with Crippen molar-refractivity contribution in [3.63, 3.8) is 0 Å². The van der Waals surface area contributed by atoms with Crippen LogP contribution in [-0.2, 0) is 6.54 Å². The second-order valence-electron chi connectivity index (χ2n) is 6.14. The summed E-state index contributed by atoms with van der Waals surface area (Å²) in [4.78, 5) is 14.3. The van der Waals surface area contributed by atoms with E-state index in [1.54, 1.807) is 18.2 Å². The van der Waals surface area contributed by atoms with Gasteiger partial charge in [0.15, 0.2) is 11.6 Å². The topological polar surface area (TPSA) is 32.3 Å². The number of nitrogens with zero attached hydrogens (tertiary/aromatic N) is 1. The number of halogens is 2. The van der Waals surface area contributed by atoms with Crippen LogP contribution in [0.2, 0.25) is 0 Å². The Morgan fingerprint density at radius 3 is 2.42 bits per heavy atom. The van der Waals surface area contributed by atoms with E-state index in [1.807, 2.05) is 18.2 Å². The van der Waals surface area contributed by atoms with Crippen LogP contribution in [0.25, 0.3) is 0 Å². The Morgan fingerprint density at radius 2 is 1.75 bits per heavy atom. The Labute approximate surface area is 140 Å². The standard InChI is InChI=1S/C19H20F2N2O/c20-17-7-6-14(12-18(17)21)13-23-10-8-16(9-11-23)22-19(24)15-4-2-1-3-5-15/h1-7,12,16H,8-11,13H2,(H,22,24). The Morgan fingerprint density at radius 1 is 1.04 bits per heavy atom. The van der Waals surface area contributed by atoms with Crippen LogP contribution in [-0.4, -0.2) is 29.9 Å². The fourth-order valence-corrected chi connectivity index (χ4v) is 2.99. The van der Waals surface area contributed by atoms with Gasteiger partial charge in [-0.05, 0) is 42.7 Å². The minimum atomic E-state index is -0.818. The molecule has 126 valence electrons. The Kier molecular flexibility index (Phi) is 5.20. The van der Waals surface area contributed by atoms with Gasteiger partial charge in [0.25, 0.3) is 5.91 Å². The van der Waals surface area contributed by atoms with Crippen LogP contribution in [0.4, 0.5) is 8.78 Å². The molecule has 0 radical (unpaired) electrons. The number of hydrogen-bond acceptors (Lipinski definition) is 2. The first kappa shape index (κ1) is 16.6. The minimum absolute atomic E-state index is 0.0466. The van der Waals surface area contributed by atoms with Crippen molar-refractivity contribution in [2.45, 2.75) is 25.4 Å². The molecule has 3 nitrogen and oxygen atoms in total. The van der Waals surface area contributed by atoms with Crippen LogP contribution in [0.5, 0.6) is 0 Å². The molecule has 1 amide bonds. The molecule has 2 aromatic carbocycles. The Hall–Kier alpha value is -2.27. The fraction of sp³-hybridized carbons (Fsp3) is 0.316. The highest BCUT2D eigenvalue weighted by Crippen LogP contribution is 2.16. The minimum Gasteiger partial charge on any atom is -0.349 e. The van der Waals surface area contributed by atoms with E-state index in [0.717, 1.165) is 37.6 Å². The summed E-state index contributed by atoms with van der Waals surface area (Å²) in [6.45, 7) is 2.23. The lowest BCUT2D eigenvalue weighted by Crippen LogP contribution is -2.44. The van der Waals surface area contributed by atoms with Gasteiger partial charge in [0.1, 0.15) is 0 Å². The zero-order chi connectivity index (χ0) is 16.9. The van der Waals surface area contributed by atoms with Gasteiger partial charge in [-0.15, -0.1) is 0 Å². The summed E-state index contributed by atoms with van der Waals surface area (Å²) < 4.78 is 26.2. The average Bonchev–Trinajstić information content (AvgIpc) is 2.61. The maximum absolute atomic E-state index is 13.3. The van der Waals surface area contributed by atoms with E-state index < -0.39 is 11.6 Å². The van der Waals surface area contributed by atoms with Gasteiger partial charge in [-0.3, -0.25) is 9.69 Å². The molecule has 0 saturated carbocycles. The average molecular weight is 330 g/mol. The highest BCUT2D eigenvalue weighted by Gasteiger charge is 2.21. The molecule has 0 unspecified atom stereocenters. The molecule has 0 atom stereocenters. The molecule has 1 N–H and O–H groups in total. The largest absolute Gasteiger partial charge is 0.349 e. The van der Waals surface area contributed by atoms with Crippen LogP contribution in [0.1, 0.15) is 28.8 Å². The molecule has 0 bridgehead atoms. The van der Waals surface area contributed by atoms with Crippen molar-refractivity contribution in [1.29, 1.82) is 0 Å². The van der Waals surface area contributed by atoms with E-state index in [-0.39, 0.29) is 11.9 Å². The zero-order valence-electron chi connectivity index (χ0n) is 13.3. The zero-order valence-corrected chi connectivity index (χ0v) is 13.3. The van der Waals surface area contributed by atoms with Crippen LogP contribution in [0.15, 0.2) is 48.5 Å². The van der Waals surface area contributed by atoms with Crippen molar-refractivity contribution in [1.82, 2.24) is 10.2 Å². The highest BCUT2D eigenvalue weighted by molar-refractivity contribution is 5.94. The maximum Gasteiger partial charge on any atom is 0.251 e. The molecule has 1 heterocycles. The lowest BCUT2D eigenvalue weighted by atomic mass is 10.0. The van der Waals surface area contributed by atoms with Crippen LogP contribution >= 0.6 is 0 Å². The molecule has 2 aromatic rings. The van der Waals surface area contributed by atoms with Gasteiger partial charge in [0.05, 0.1) is 0 Å². The summed E-state index contributed by atoms with van der Waals surface area (Å²) in [7, 11) is 0. The second kappa shape index (κ2) is 7.53. The molecule has 1 fully saturated rings. The number of likely N-dealkylation sites (tertiary alicyclic amines) is 1. The van der Waals surface area contributed by atoms with Crippen LogP contribution < -0.4 is 5.32 Å². The second-order valence-corrected chi connectivity index (χ2v) is 6.14. The fourth-order valence-electron chi connectivity index (χ4n) is 2.99. The normalized spacial score (nSPS) is 16.1. The van der Waals surface area contributed by atoms with Gasteiger partial charge in [0, 0.05) is 31.2 Å². The summed E-state index contributed by atoms with van der Waals surface area (Å²) in [6, 6.07) is 13.4. The van der Waals surface area contributed by atoms with Crippen molar-refractivity contribution in [3.8, 4) is 0 Å². The predicted octanol–water partition coefficient (Wildman–Crippen LogP) is 3.36. The van der Waals surface area contributed by atoms with Crippen LogP contribution in [0, 0.1) is 11.6 Å². The number of rotatable bonds is 4. The molecule has 0 spiro atoms. The van der Waals surface area contributed by atoms with Crippen LogP contribution in [0.3, 0.4) is 0 Å². The highest BCUT2D eigenvalue weighted by atomic mass is 19.2. The third-order valence-electron chi connectivity index (χ3n) is 4.35. The summed E-state index contributed by atoms with van der Waals surface area (Å²) in [5.74, 6) is -1.67. The molecule has 1 aliphatic rings. The molecule has 24 heavy (non-hydrogen) atoms. The third-order valence-corrected chi connectivity index (χ3v) is 4.35. The number of nitrogens with one attached hydrogen (secondary N) is 1. The number of hydrogen-bond donors (Lipinski definition) is 1. The smallest absolute Gasteiger partial charge is 0.251 e. The first-order chi connectivity index (χ1) is 11.6. The maximum atomic E-state index is 13.3. The lowest BCUT2D eigenvalue weighted by molar-refractivity contribution is 0.0909. The summed E-state index contributed by atoms with van der Waals surface area (Å²) in [5.41, 5.74) is 1.43. The van der Waals surface area contributed by atoms with E-state index in [0.29, 0.717) is 12.1 Å². The number of benzene rings is 2. The van der Waals surface area contributed by atoms with Crippen molar-refractivity contribution >= 4 is 5.91 Å². The molecular formula is C19H20F2N2O. The number of amides is 1. The molecular weight excluding hydrogens is 310 g/mol. The third kappa shape index (κ3) is 4.17. The van der Waals surface area contributed by atoms with Crippen molar-refractivity contribution < 1.29 is 13.6 Å². The van der Waals surface area contributed by atoms with Gasteiger partial charge in [-0.2, -0.15) is 0 Å². The SMILES string of the molecule is O=C(NC1CCN(Cc2ccc(F)c(F)c2)CC1)c1ccccc1. The van der Waals surface area contributed by atoms with Gasteiger partial charge < -0.3 is 5.32 Å². The van der Waals surface area contributed by atoms with Crippen molar-refractivity contribution in [3.05, 3.63) is 71.3 Å². The van der Waals surface area contributed by atoms with E-state index in [1.165, 1.54) is 6.07 Å². The van der Waals surface area contributed by atoms with E-state index in [2.05, 4.69) is 10.2 Å². The Bertz CT molecular complexity index is 698.